The SMILES string of the molecule is Nc1ccccc1NC(=O)CCCC(=O)Nc1ccc([C@H]2O[C@@H](CSc3cccc[n+]3[O-])C[C@@H](c3ccc(CO)cc3)O2)cc1. The molecule has 0 aliphatic carbocycles. The first-order valence-corrected chi connectivity index (χ1v) is 15.7. The molecular formula is C34H36N4O6S. The minimum Gasteiger partial charge on any atom is -0.618 e. The van der Waals surface area contributed by atoms with E-state index in [1.807, 2.05) is 42.5 Å². The summed E-state index contributed by atoms with van der Waals surface area (Å²) in [6, 6.07) is 27.3. The molecule has 234 valence electrons. The van der Waals surface area contributed by atoms with Gasteiger partial charge in [0.25, 0.3) is 5.03 Å². The van der Waals surface area contributed by atoms with Crippen LogP contribution in [0.3, 0.4) is 0 Å². The number of nitrogens with one attached hydrogen (secondary N) is 2. The smallest absolute Gasteiger partial charge is 0.251 e. The molecule has 45 heavy (non-hydrogen) atoms. The number of hydrogen-bond acceptors (Lipinski definition) is 8. The lowest BCUT2D eigenvalue weighted by atomic mass is 10.0. The lowest BCUT2D eigenvalue weighted by Crippen LogP contribution is -2.32. The van der Waals surface area contributed by atoms with Crippen LogP contribution in [-0.2, 0) is 25.7 Å². The number of nitrogen functional groups attached to an aromatic ring is 1. The zero-order valence-electron chi connectivity index (χ0n) is 24.6. The van der Waals surface area contributed by atoms with Crippen molar-refractivity contribution in [1.29, 1.82) is 0 Å². The maximum absolute atomic E-state index is 12.5. The van der Waals surface area contributed by atoms with E-state index < -0.39 is 6.29 Å². The number of amides is 2. The van der Waals surface area contributed by atoms with Crippen LogP contribution >= 0.6 is 11.8 Å². The van der Waals surface area contributed by atoms with Crippen molar-refractivity contribution in [3.63, 3.8) is 0 Å². The molecule has 2 amide bonds. The molecule has 0 spiro atoms. The Morgan fingerprint density at radius 2 is 1.58 bits per heavy atom. The first kappa shape index (κ1) is 32.0. The molecule has 0 unspecified atom stereocenters. The number of carbonyl (C=O) groups excluding carboxylic acids is 2. The van der Waals surface area contributed by atoms with Gasteiger partial charge >= 0.3 is 0 Å². The van der Waals surface area contributed by atoms with Gasteiger partial charge in [-0.1, -0.05) is 60.3 Å². The maximum Gasteiger partial charge on any atom is 0.251 e. The molecule has 0 saturated carbocycles. The average Bonchev–Trinajstić information content (AvgIpc) is 3.06. The number of thioether (sulfide) groups is 1. The second kappa shape index (κ2) is 15.5. The van der Waals surface area contributed by atoms with Gasteiger partial charge in [-0.3, -0.25) is 9.59 Å². The zero-order valence-corrected chi connectivity index (χ0v) is 25.5. The summed E-state index contributed by atoms with van der Waals surface area (Å²) in [6.45, 7) is -0.0366. The van der Waals surface area contributed by atoms with E-state index in [4.69, 9.17) is 15.2 Å². The van der Waals surface area contributed by atoms with Crippen molar-refractivity contribution in [2.24, 2.45) is 0 Å². The molecule has 11 heteroatoms. The van der Waals surface area contributed by atoms with Crippen molar-refractivity contribution >= 4 is 40.6 Å². The summed E-state index contributed by atoms with van der Waals surface area (Å²) in [7, 11) is 0. The summed E-state index contributed by atoms with van der Waals surface area (Å²) >= 11 is 1.43. The second-order valence-corrected chi connectivity index (χ2v) is 11.7. The van der Waals surface area contributed by atoms with Crippen molar-refractivity contribution in [2.45, 2.75) is 55.8 Å². The molecule has 0 bridgehead atoms. The van der Waals surface area contributed by atoms with Crippen molar-refractivity contribution in [3.05, 3.63) is 119 Å². The van der Waals surface area contributed by atoms with E-state index >= 15 is 0 Å². The topological polar surface area (TPSA) is 150 Å². The minimum absolute atomic E-state index is 0.0366. The van der Waals surface area contributed by atoms with Crippen LogP contribution in [0.1, 0.15) is 54.8 Å². The van der Waals surface area contributed by atoms with Gasteiger partial charge in [-0.15, -0.1) is 0 Å². The van der Waals surface area contributed by atoms with Crippen molar-refractivity contribution in [2.75, 3.05) is 22.1 Å². The van der Waals surface area contributed by atoms with Crippen LogP contribution in [0.5, 0.6) is 0 Å². The number of hydrogen-bond donors (Lipinski definition) is 4. The number of benzene rings is 3. The van der Waals surface area contributed by atoms with E-state index in [2.05, 4.69) is 10.6 Å². The van der Waals surface area contributed by atoms with E-state index in [0.717, 1.165) is 21.4 Å². The maximum atomic E-state index is 12.5. The Hall–Kier alpha value is -4.42. The Bertz CT molecular complexity index is 1580. The van der Waals surface area contributed by atoms with Gasteiger partial charge in [-0.2, -0.15) is 4.73 Å². The Morgan fingerprint density at radius 3 is 2.29 bits per heavy atom. The predicted octanol–water partition coefficient (Wildman–Crippen LogP) is 5.48. The van der Waals surface area contributed by atoms with E-state index in [-0.39, 0.29) is 43.5 Å². The standard InChI is InChI=1S/C34H36N4O6S/c35-28-6-1-2-7-29(28)37-32(41)9-5-8-31(40)36-26-17-15-25(16-18-26)34-43-27(22-45-33-10-3-4-19-38(33)42)20-30(44-34)24-13-11-23(21-39)12-14-24/h1-4,6-7,10-19,27,30,34,39H,5,8-9,20-22,35H2,(H,36,40)(H,37,41)/t27-,30+,34+/m1/s1. The number of nitrogens with two attached hydrogens (primary N) is 1. The average molecular weight is 629 g/mol. The summed E-state index contributed by atoms with van der Waals surface area (Å²) in [5.41, 5.74) is 10.1. The monoisotopic (exact) mass is 628 g/mol. The van der Waals surface area contributed by atoms with Gasteiger partial charge < -0.3 is 36.2 Å². The van der Waals surface area contributed by atoms with E-state index in [0.29, 0.717) is 40.7 Å². The fourth-order valence-corrected chi connectivity index (χ4v) is 5.84. The molecule has 1 aliphatic rings. The highest BCUT2D eigenvalue weighted by Crippen LogP contribution is 2.39. The van der Waals surface area contributed by atoms with Crippen LogP contribution in [0.4, 0.5) is 17.1 Å². The number of pyridine rings is 1. The zero-order chi connectivity index (χ0) is 31.6. The number of carbonyl (C=O) groups is 2. The van der Waals surface area contributed by atoms with Gasteiger partial charge in [-0.05, 0) is 47.9 Å². The van der Waals surface area contributed by atoms with Crippen LogP contribution in [0.25, 0.3) is 0 Å². The molecule has 5 rings (SSSR count). The highest BCUT2D eigenvalue weighted by molar-refractivity contribution is 7.99. The number of aromatic nitrogens is 1. The minimum atomic E-state index is -0.663. The number of para-hydroxylation sites is 2. The predicted molar refractivity (Wildman–Crippen MR) is 173 cm³/mol. The lowest BCUT2D eigenvalue weighted by molar-refractivity contribution is -0.645. The molecule has 1 fully saturated rings. The van der Waals surface area contributed by atoms with Gasteiger partial charge in [0, 0.05) is 48.4 Å². The largest absolute Gasteiger partial charge is 0.618 e. The molecule has 4 aromatic rings. The third kappa shape index (κ3) is 9.05. The first-order valence-electron chi connectivity index (χ1n) is 14.7. The van der Waals surface area contributed by atoms with E-state index in [1.54, 1.807) is 48.5 Å². The van der Waals surface area contributed by atoms with Gasteiger partial charge in [-0.25, -0.2) is 0 Å². The number of nitrogens with zero attached hydrogens (tertiary/aromatic N) is 1. The second-order valence-electron chi connectivity index (χ2n) is 10.7. The molecule has 3 atom stereocenters. The molecular weight excluding hydrogens is 592 g/mol. The van der Waals surface area contributed by atoms with E-state index in [1.165, 1.54) is 18.0 Å². The van der Waals surface area contributed by atoms with Crippen molar-refractivity contribution in [1.82, 2.24) is 0 Å². The summed E-state index contributed by atoms with van der Waals surface area (Å²) < 4.78 is 13.6. The Kier molecular flexibility index (Phi) is 11.0. The van der Waals surface area contributed by atoms with E-state index in [9.17, 15) is 19.9 Å². The highest BCUT2D eigenvalue weighted by Gasteiger charge is 2.32. The highest BCUT2D eigenvalue weighted by atomic mass is 32.2. The fourth-order valence-electron chi connectivity index (χ4n) is 4.91. The van der Waals surface area contributed by atoms with Crippen molar-refractivity contribution < 1.29 is 28.9 Å². The van der Waals surface area contributed by atoms with Crippen molar-refractivity contribution in [3.8, 4) is 0 Å². The Morgan fingerprint density at radius 1 is 0.889 bits per heavy atom. The van der Waals surface area contributed by atoms with Gasteiger partial charge in [0.05, 0.1) is 30.2 Å². The quantitative estimate of drug-likeness (QED) is 0.0697. The van der Waals surface area contributed by atoms with Gasteiger partial charge in [0.2, 0.25) is 11.8 Å². The number of ether oxygens (including phenoxy) is 2. The normalized spacial score (nSPS) is 17.8. The number of aliphatic hydroxyl groups is 1. The Labute approximate surface area is 266 Å². The molecule has 1 aliphatic heterocycles. The molecule has 0 radical (unpaired) electrons. The summed E-state index contributed by atoms with van der Waals surface area (Å²) in [5.74, 6) is 0.162. The van der Waals surface area contributed by atoms with Crippen LogP contribution in [-0.4, -0.2) is 28.8 Å². The molecule has 1 aromatic heterocycles. The Balaban J connectivity index is 1.17. The number of anilines is 3. The van der Waals surface area contributed by atoms with Gasteiger partial charge in [0.1, 0.15) is 0 Å². The van der Waals surface area contributed by atoms with Crippen LogP contribution in [0.2, 0.25) is 0 Å². The van der Waals surface area contributed by atoms with Crippen LogP contribution in [0, 0.1) is 5.21 Å². The third-order valence-electron chi connectivity index (χ3n) is 7.33. The molecule has 5 N–H and O–H groups in total. The number of rotatable bonds is 12. The molecule has 10 nitrogen and oxygen atoms in total. The molecule has 1 saturated heterocycles. The van der Waals surface area contributed by atoms with Crippen LogP contribution < -0.4 is 21.1 Å². The summed E-state index contributed by atoms with van der Waals surface area (Å²) in [5, 5.41) is 27.8. The third-order valence-corrected chi connectivity index (χ3v) is 8.48. The molecule has 3 aromatic carbocycles. The summed E-state index contributed by atoms with van der Waals surface area (Å²) in [4.78, 5) is 24.8. The number of aliphatic hydroxyl groups excluding tert-OH is 1. The lowest BCUT2D eigenvalue weighted by Gasteiger charge is -2.36. The van der Waals surface area contributed by atoms with Crippen LogP contribution in [0.15, 0.2) is 102 Å². The first-order chi connectivity index (χ1) is 21.9. The fraction of sp³-hybridized carbons (Fsp3) is 0.265. The van der Waals surface area contributed by atoms with Gasteiger partial charge in [0.15, 0.2) is 12.5 Å². The molecule has 2 heterocycles. The summed E-state index contributed by atoms with van der Waals surface area (Å²) in [6.07, 6.45) is 1.72.